The van der Waals surface area contributed by atoms with E-state index in [1.54, 1.807) is 0 Å². The molecule has 0 saturated carbocycles. The molecule has 2 N–H and O–H groups in total. The van der Waals surface area contributed by atoms with E-state index in [0.29, 0.717) is 24.1 Å². The third-order valence-corrected chi connectivity index (χ3v) is 4.66. The van der Waals surface area contributed by atoms with Gasteiger partial charge in [-0.15, -0.1) is 11.8 Å². The van der Waals surface area contributed by atoms with E-state index in [4.69, 9.17) is 4.52 Å². The molecule has 2 rings (SSSR count). The molecule has 26 heavy (non-hydrogen) atoms. The minimum atomic E-state index is 0.281. The number of hydrogen-bond donors (Lipinski definition) is 2. The van der Waals surface area contributed by atoms with Crippen molar-refractivity contribution >= 4 is 17.7 Å². The summed E-state index contributed by atoms with van der Waals surface area (Å²) < 4.78 is 5.27. The molecule has 0 saturated heterocycles. The van der Waals surface area contributed by atoms with E-state index in [2.05, 4.69) is 77.7 Å². The first-order valence-electron chi connectivity index (χ1n) is 9.14. The number of nitrogens with one attached hydrogen (secondary N) is 2. The van der Waals surface area contributed by atoms with E-state index in [-0.39, 0.29) is 5.92 Å². The third-order valence-electron chi connectivity index (χ3n) is 3.56. The van der Waals surface area contributed by atoms with Gasteiger partial charge in [0.05, 0.1) is 6.54 Å². The van der Waals surface area contributed by atoms with E-state index in [0.717, 1.165) is 24.9 Å². The summed E-state index contributed by atoms with van der Waals surface area (Å²) >= 11 is 1.83. The first-order chi connectivity index (χ1) is 12.6. The fourth-order valence-electron chi connectivity index (χ4n) is 2.22. The van der Waals surface area contributed by atoms with E-state index >= 15 is 0 Å². The summed E-state index contributed by atoms with van der Waals surface area (Å²) in [6.07, 6.45) is 0.679. The number of hydrogen-bond acceptors (Lipinski definition) is 5. The number of benzene rings is 1. The molecule has 0 fully saturated rings. The maximum absolute atomic E-state index is 5.27. The van der Waals surface area contributed by atoms with Crippen LogP contribution in [0.25, 0.3) is 0 Å². The lowest BCUT2D eigenvalue weighted by Crippen LogP contribution is -2.38. The number of nitrogens with zero attached hydrogens (tertiary/aromatic N) is 3. The average molecular weight is 376 g/mol. The van der Waals surface area contributed by atoms with Crippen molar-refractivity contribution in [1.82, 2.24) is 20.8 Å². The molecule has 7 heteroatoms. The first kappa shape index (κ1) is 20.3. The highest BCUT2D eigenvalue weighted by Gasteiger charge is 2.10. The Kier molecular flexibility index (Phi) is 8.47. The molecule has 0 aliphatic rings. The van der Waals surface area contributed by atoms with Crippen LogP contribution in [0.4, 0.5) is 0 Å². The lowest BCUT2D eigenvalue weighted by Gasteiger charge is -2.13. The minimum Gasteiger partial charge on any atom is -0.357 e. The Balaban J connectivity index is 1.79. The van der Waals surface area contributed by atoms with Crippen LogP contribution in [-0.2, 0) is 6.42 Å². The van der Waals surface area contributed by atoms with Crippen LogP contribution in [-0.4, -0.2) is 41.0 Å². The van der Waals surface area contributed by atoms with E-state index in [9.17, 15) is 0 Å². The zero-order chi connectivity index (χ0) is 18.8. The van der Waals surface area contributed by atoms with Gasteiger partial charge in [0.25, 0.3) is 0 Å². The van der Waals surface area contributed by atoms with E-state index in [1.807, 2.05) is 17.8 Å². The van der Waals surface area contributed by atoms with Crippen LogP contribution in [0.1, 0.15) is 45.3 Å². The number of thioether (sulfide) groups is 1. The molecule has 1 atom stereocenters. The molecule has 142 valence electrons. The Morgan fingerprint density at radius 2 is 1.96 bits per heavy atom. The van der Waals surface area contributed by atoms with Crippen LogP contribution < -0.4 is 10.6 Å². The molecule has 1 aromatic heterocycles. The summed E-state index contributed by atoms with van der Waals surface area (Å²) in [4.78, 5) is 10.3. The van der Waals surface area contributed by atoms with Gasteiger partial charge in [-0.2, -0.15) is 4.98 Å². The van der Waals surface area contributed by atoms with Gasteiger partial charge in [-0.05, 0) is 19.1 Å². The van der Waals surface area contributed by atoms with Gasteiger partial charge in [0, 0.05) is 35.6 Å². The average Bonchev–Trinajstić information content (AvgIpc) is 3.10. The minimum absolute atomic E-state index is 0.281. The molecule has 0 radical (unpaired) electrons. The molecule has 0 aliphatic carbocycles. The second-order valence-electron chi connectivity index (χ2n) is 6.34. The smallest absolute Gasteiger partial charge is 0.228 e. The van der Waals surface area contributed by atoms with Crippen molar-refractivity contribution in [3.8, 4) is 0 Å². The molecule has 6 nitrogen and oxygen atoms in total. The number of rotatable bonds is 9. The van der Waals surface area contributed by atoms with Crippen LogP contribution in [0.2, 0.25) is 0 Å². The maximum Gasteiger partial charge on any atom is 0.228 e. The summed E-state index contributed by atoms with van der Waals surface area (Å²) in [7, 11) is 0. The predicted octanol–water partition coefficient (Wildman–Crippen LogP) is 3.47. The fraction of sp³-hybridized carbons (Fsp3) is 0.526. The molecule has 0 bridgehead atoms. The topological polar surface area (TPSA) is 75.3 Å². The van der Waals surface area contributed by atoms with Gasteiger partial charge >= 0.3 is 0 Å². The second kappa shape index (κ2) is 10.9. The standard InChI is InChI=1S/C19H29N5OS/c1-5-20-19(21-12-11-17-23-18(14(2)3)24-25-17)22-13-15(4)26-16-9-7-6-8-10-16/h6-10,14-15H,5,11-13H2,1-4H3,(H2,20,21,22). The maximum atomic E-state index is 5.27. The highest BCUT2D eigenvalue weighted by atomic mass is 32.2. The SMILES string of the molecule is CCNC(=NCC(C)Sc1ccccc1)NCCc1nc(C(C)C)no1. The normalized spacial score (nSPS) is 13.0. The lowest BCUT2D eigenvalue weighted by molar-refractivity contribution is 0.371. The Morgan fingerprint density at radius 1 is 1.19 bits per heavy atom. The van der Waals surface area contributed by atoms with Crippen molar-refractivity contribution < 1.29 is 4.52 Å². The van der Waals surface area contributed by atoms with Crippen molar-refractivity contribution in [2.45, 2.75) is 50.2 Å². The van der Waals surface area contributed by atoms with Gasteiger partial charge in [-0.3, -0.25) is 4.99 Å². The highest BCUT2D eigenvalue weighted by Crippen LogP contribution is 2.22. The molecule has 0 spiro atoms. The van der Waals surface area contributed by atoms with Gasteiger partial charge in [0.1, 0.15) is 0 Å². The molecule has 1 heterocycles. The van der Waals surface area contributed by atoms with Crippen molar-refractivity contribution in [1.29, 1.82) is 0 Å². The van der Waals surface area contributed by atoms with Crippen LogP contribution >= 0.6 is 11.8 Å². The molecular weight excluding hydrogens is 346 g/mol. The van der Waals surface area contributed by atoms with Crippen LogP contribution in [0.15, 0.2) is 44.7 Å². The van der Waals surface area contributed by atoms with E-state index < -0.39 is 0 Å². The van der Waals surface area contributed by atoms with Gasteiger partial charge in [-0.25, -0.2) is 0 Å². The van der Waals surface area contributed by atoms with Crippen molar-refractivity contribution in [2.75, 3.05) is 19.6 Å². The summed E-state index contributed by atoms with van der Waals surface area (Å²) in [6, 6.07) is 10.4. The molecular formula is C19H29N5OS. The molecule has 2 aromatic rings. The van der Waals surface area contributed by atoms with Gasteiger partial charge in [-0.1, -0.05) is 44.1 Å². The Hall–Kier alpha value is -2.02. The summed E-state index contributed by atoms with van der Waals surface area (Å²) in [5.41, 5.74) is 0. The molecule has 1 unspecified atom stereocenters. The molecule has 1 aromatic carbocycles. The summed E-state index contributed by atoms with van der Waals surface area (Å²) in [5.74, 6) is 2.51. The molecule has 0 amide bonds. The number of guanidine groups is 1. The quantitative estimate of drug-likeness (QED) is 0.397. The number of aliphatic imine (C=N–C) groups is 1. The third kappa shape index (κ3) is 7.07. The zero-order valence-corrected chi connectivity index (χ0v) is 16.8. The first-order valence-corrected chi connectivity index (χ1v) is 10.0. The summed E-state index contributed by atoms with van der Waals surface area (Å²) in [6.45, 7) is 10.6. The van der Waals surface area contributed by atoms with E-state index in [1.165, 1.54) is 4.90 Å². The Labute approximate surface area is 160 Å². The zero-order valence-electron chi connectivity index (χ0n) is 16.0. The van der Waals surface area contributed by atoms with Crippen molar-refractivity contribution in [2.24, 2.45) is 4.99 Å². The van der Waals surface area contributed by atoms with Crippen molar-refractivity contribution in [3.63, 3.8) is 0 Å². The lowest BCUT2D eigenvalue weighted by atomic mass is 10.2. The second-order valence-corrected chi connectivity index (χ2v) is 7.85. The number of aromatic nitrogens is 2. The van der Waals surface area contributed by atoms with Gasteiger partial charge in [0.15, 0.2) is 11.8 Å². The van der Waals surface area contributed by atoms with Crippen LogP contribution in [0.3, 0.4) is 0 Å². The largest absolute Gasteiger partial charge is 0.357 e. The van der Waals surface area contributed by atoms with Crippen LogP contribution in [0.5, 0.6) is 0 Å². The van der Waals surface area contributed by atoms with Crippen LogP contribution in [0, 0.1) is 0 Å². The Morgan fingerprint density at radius 3 is 2.62 bits per heavy atom. The van der Waals surface area contributed by atoms with Gasteiger partial charge < -0.3 is 15.2 Å². The van der Waals surface area contributed by atoms with Gasteiger partial charge in [0.2, 0.25) is 5.89 Å². The Bertz CT molecular complexity index is 672. The molecule has 0 aliphatic heterocycles. The predicted molar refractivity (Wildman–Crippen MR) is 108 cm³/mol. The summed E-state index contributed by atoms with van der Waals surface area (Å²) in [5, 5.41) is 11.0. The fourth-order valence-corrected chi connectivity index (χ4v) is 3.15. The van der Waals surface area contributed by atoms with Crippen molar-refractivity contribution in [3.05, 3.63) is 42.0 Å². The highest BCUT2D eigenvalue weighted by molar-refractivity contribution is 8.00. The monoisotopic (exact) mass is 375 g/mol.